The summed E-state index contributed by atoms with van der Waals surface area (Å²) in [5, 5.41) is 6.92. The zero-order valence-electron chi connectivity index (χ0n) is 12.4. The van der Waals surface area contributed by atoms with Crippen LogP contribution in [-0.4, -0.2) is 64.1 Å². The molecule has 1 aromatic heterocycles. The van der Waals surface area contributed by atoms with Crippen molar-refractivity contribution < 1.29 is 4.79 Å². The molecule has 1 saturated heterocycles. The van der Waals surface area contributed by atoms with Gasteiger partial charge in [-0.25, -0.2) is 4.98 Å². The molecule has 19 heavy (non-hydrogen) atoms. The van der Waals surface area contributed by atoms with E-state index >= 15 is 0 Å². The van der Waals surface area contributed by atoms with Crippen LogP contribution in [0.15, 0.2) is 0 Å². The largest absolute Gasteiger partial charge is 0.334 e. The second kappa shape index (κ2) is 4.92. The Kier molecular flexibility index (Phi) is 3.62. The first-order valence-corrected chi connectivity index (χ1v) is 6.67. The summed E-state index contributed by atoms with van der Waals surface area (Å²) in [5.41, 5.74) is -0.122. The number of carbonyl (C=O) groups excluding carboxylic acids is 1. The van der Waals surface area contributed by atoms with Gasteiger partial charge in [0, 0.05) is 24.5 Å². The number of hydrogen-bond donors (Lipinski definition) is 1. The molecule has 0 radical (unpaired) electrons. The number of rotatable bonds is 2. The molecule has 1 atom stereocenters. The van der Waals surface area contributed by atoms with Crippen molar-refractivity contribution in [3.63, 3.8) is 0 Å². The fourth-order valence-electron chi connectivity index (χ4n) is 2.18. The molecule has 2 rings (SSSR count). The highest BCUT2D eigenvalue weighted by atomic mass is 16.2. The van der Waals surface area contributed by atoms with Gasteiger partial charge in [-0.05, 0) is 20.5 Å². The Morgan fingerprint density at radius 3 is 2.58 bits per heavy atom. The van der Waals surface area contributed by atoms with Crippen LogP contribution in [0.3, 0.4) is 0 Å². The fraction of sp³-hybridized carbons (Fsp3) is 0.769. The van der Waals surface area contributed by atoms with Crippen molar-refractivity contribution in [3.8, 4) is 0 Å². The lowest BCUT2D eigenvalue weighted by Gasteiger charge is -2.19. The van der Waals surface area contributed by atoms with E-state index in [2.05, 4.69) is 20.1 Å². The Balaban J connectivity index is 2.07. The summed E-state index contributed by atoms with van der Waals surface area (Å²) in [6.07, 6.45) is 1.01. The molecule has 0 aliphatic carbocycles. The Morgan fingerprint density at radius 2 is 2.11 bits per heavy atom. The molecule has 1 N–H and O–H groups in total. The van der Waals surface area contributed by atoms with Crippen molar-refractivity contribution in [2.24, 2.45) is 0 Å². The van der Waals surface area contributed by atoms with Gasteiger partial charge in [0.15, 0.2) is 0 Å². The zero-order valence-corrected chi connectivity index (χ0v) is 12.4. The van der Waals surface area contributed by atoms with E-state index in [4.69, 9.17) is 0 Å². The summed E-state index contributed by atoms with van der Waals surface area (Å²) in [5.74, 6) is 0.958. The number of nitrogens with one attached hydrogen (secondary N) is 1. The van der Waals surface area contributed by atoms with Crippen molar-refractivity contribution >= 4 is 5.91 Å². The van der Waals surface area contributed by atoms with Crippen LogP contribution in [0.4, 0.5) is 0 Å². The first-order chi connectivity index (χ1) is 8.79. The van der Waals surface area contributed by atoms with Crippen LogP contribution in [0.1, 0.15) is 43.6 Å². The predicted octanol–water partition coefficient (Wildman–Crippen LogP) is 0.878. The molecule has 0 aromatic carbocycles. The Morgan fingerprint density at radius 1 is 1.42 bits per heavy atom. The number of likely N-dealkylation sites (tertiary alicyclic amines) is 1. The third kappa shape index (κ3) is 2.94. The molecule has 0 spiro atoms. The van der Waals surface area contributed by atoms with Gasteiger partial charge < -0.3 is 9.80 Å². The number of aromatic nitrogens is 3. The molecule has 1 unspecified atom stereocenters. The first kappa shape index (κ1) is 14.0. The second-order valence-electron chi connectivity index (χ2n) is 6.41. The van der Waals surface area contributed by atoms with Gasteiger partial charge in [0.2, 0.25) is 5.82 Å². The molecule has 1 aliphatic rings. The fourth-order valence-corrected chi connectivity index (χ4v) is 2.18. The summed E-state index contributed by atoms with van der Waals surface area (Å²) in [6, 6.07) is 0.435. The molecule has 1 fully saturated rings. The normalized spacial score (nSPS) is 20.3. The Labute approximate surface area is 114 Å². The van der Waals surface area contributed by atoms with E-state index < -0.39 is 0 Å². The quantitative estimate of drug-likeness (QED) is 0.862. The summed E-state index contributed by atoms with van der Waals surface area (Å²) < 4.78 is 0. The molecule has 0 bridgehead atoms. The van der Waals surface area contributed by atoms with E-state index in [1.165, 1.54) is 0 Å². The second-order valence-corrected chi connectivity index (χ2v) is 6.41. The number of carbonyl (C=O) groups is 1. The van der Waals surface area contributed by atoms with Crippen LogP contribution < -0.4 is 0 Å². The van der Waals surface area contributed by atoms with Gasteiger partial charge in [-0.3, -0.25) is 9.89 Å². The van der Waals surface area contributed by atoms with Gasteiger partial charge in [0.1, 0.15) is 5.82 Å². The SMILES string of the molecule is CN(C)C1CCN(C(=O)c2n[nH]c(C(C)(C)C)n2)C1. The van der Waals surface area contributed by atoms with Crippen LogP contribution in [0.5, 0.6) is 0 Å². The molecule has 6 heteroatoms. The lowest BCUT2D eigenvalue weighted by Crippen LogP contribution is -2.35. The monoisotopic (exact) mass is 265 g/mol. The van der Waals surface area contributed by atoms with Gasteiger partial charge in [-0.15, -0.1) is 5.10 Å². The van der Waals surface area contributed by atoms with Crippen molar-refractivity contribution in [2.75, 3.05) is 27.2 Å². The highest BCUT2D eigenvalue weighted by Gasteiger charge is 2.30. The van der Waals surface area contributed by atoms with Gasteiger partial charge in [0.05, 0.1) is 0 Å². The maximum Gasteiger partial charge on any atom is 0.293 e. The van der Waals surface area contributed by atoms with Gasteiger partial charge in [0.25, 0.3) is 5.91 Å². The third-order valence-corrected chi connectivity index (χ3v) is 3.57. The highest BCUT2D eigenvalue weighted by Crippen LogP contribution is 2.19. The number of H-pyrrole nitrogens is 1. The van der Waals surface area contributed by atoms with E-state index in [-0.39, 0.29) is 17.1 Å². The van der Waals surface area contributed by atoms with Crippen LogP contribution in [-0.2, 0) is 5.41 Å². The van der Waals surface area contributed by atoms with E-state index in [0.717, 1.165) is 25.3 Å². The maximum atomic E-state index is 12.3. The van der Waals surface area contributed by atoms with E-state index in [9.17, 15) is 4.79 Å². The minimum absolute atomic E-state index is 0.0731. The Bertz CT molecular complexity index is 460. The van der Waals surface area contributed by atoms with Gasteiger partial charge in [-0.1, -0.05) is 20.8 Å². The molecular formula is C13H23N5O. The number of hydrogen-bond acceptors (Lipinski definition) is 4. The molecule has 1 aliphatic heterocycles. The molecule has 0 saturated carbocycles. The minimum atomic E-state index is -0.122. The van der Waals surface area contributed by atoms with Crippen LogP contribution in [0, 0.1) is 0 Å². The number of likely N-dealkylation sites (N-methyl/N-ethyl adjacent to an activating group) is 1. The van der Waals surface area contributed by atoms with Gasteiger partial charge >= 0.3 is 0 Å². The standard InChI is InChI=1S/C13H23N5O/c1-13(2,3)12-14-10(15-16-12)11(19)18-7-6-9(8-18)17(4)5/h9H,6-8H2,1-5H3,(H,14,15,16). The number of aromatic amines is 1. The summed E-state index contributed by atoms with van der Waals surface area (Å²) >= 11 is 0. The van der Waals surface area contributed by atoms with Crippen molar-refractivity contribution in [2.45, 2.75) is 38.6 Å². The van der Waals surface area contributed by atoms with E-state index in [0.29, 0.717) is 6.04 Å². The summed E-state index contributed by atoms with van der Waals surface area (Å²) in [4.78, 5) is 20.6. The lowest BCUT2D eigenvalue weighted by atomic mass is 9.96. The minimum Gasteiger partial charge on any atom is -0.334 e. The van der Waals surface area contributed by atoms with Gasteiger partial charge in [-0.2, -0.15) is 0 Å². The molecular weight excluding hydrogens is 242 g/mol. The average Bonchev–Trinajstić information content (AvgIpc) is 2.97. The van der Waals surface area contributed by atoms with Crippen LogP contribution in [0.25, 0.3) is 0 Å². The first-order valence-electron chi connectivity index (χ1n) is 6.67. The van der Waals surface area contributed by atoms with Crippen LogP contribution in [0.2, 0.25) is 0 Å². The highest BCUT2D eigenvalue weighted by molar-refractivity contribution is 5.90. The maximum absolute atomic E-state index is 12.3. The molecule has 6 nitrogen and oxygen atoms in total. The summed E-state index contributed by atoms with van der Waals surface area (Å²) in [7, 11) is 4.09. The van der Waals surface area contributed by atoms with E-state index in [1.807, 2.05) is 39.8 Å². The van der Waals surface area contributed by atoms with Crippen molar-refractivity contribution in [1.82, 2.24) is 25.0 Å². The molecule has 1 aromatic rings. The molecule has 106 valence electrons. The van der Waals surface area contributed by atoms with Crippen molar-refractivity contribution in [1.29, 1.82) is 0 Å². The predicted molar refractivity (Wildman–Crippen MR) is 73.1 cm³/mol. The molecule has 1 amide bonds. The van der Waals surface area contributed by atoms with Crippen LogP contribution >= 0.6 is 0 Å². The summed E-state index contributed by atoms with van der Waals surface area (Å²) in [6.45, 7) is 7.66. The van der Waals surface area contributed by atoms with E-state index in [1.54, 1.807) is 0 Å². The average molecular weight is 265 g/mol. The number of amides is 1. The zero-order chi connectivity index (χ0) is 14.2. The molecule has 2 heterocycles. The van der Waals surface area contributed by atoms with Crippen molar-refractivity contribution in [3.05, 3.63) is 11.6 Å². The number of nitrogens with zero attached hydrogens (tertiary/aromatic N) is 4. The third-order valence-electron chi connectivity index (χ3n) is 3.57. The topological polar surface area (TPSA) is 65.1 Å². The lowest BCUT2D eigenvalue weighted by molar-refractivity contribution is 0.0771. The smallest absolute Gasteiger partial charge is 0.293 e. The Hall–Kier alpha value is -1.43.